The molecule has 0 saturated carbocycles. The number of sulfonamides is 1. The molecule has 2 atom stereocenters. The van der Waals surface area contributed by atoms with Crippen molar-refractivity contribution in [3.8, 4) is 0 Å². The largest absolute Gasteiger partial charge is 0.336 e. The number of carbonyl (C=O) groups excluding carboxylic acids is 1. The predicted molar refractivity (Wildman–Crippen MR) is 90.6 cm³/mol. The Labute approximate surface area is 139 Å². The quantitative estimate of drug-likeness (QED) is 0.847. The van der Waals surface area contributed by atoms with Crippen LogP contribution in [0.5, 0.6) is 0 Å². The van der Waals surface area contributed by atoms with Gasteiger partial charge in [-0.05, 0) is 52.2 Å². The minimum absolute atomic E-state index is 0.120. The number of hydrogen-bond donors (Lipinski definition) is 0. The molecule has 1 aliphatic heterocycles. The minimum Gasteiger partial charge on any atom is -0.336 e. The summed E-state index contributed by atoms with van der Waals surface area (Å²) in [5.74, 6) is -0.122. The van der Waals surface area contributed by atoms with Crippen molar-refractivity contribution >= 4 is 15.9 Å². The van der Waals surface area contributed by atoms with Crippen molar-refractivity contribution in [2.24, 2.45) is 0 Å². The van der Waals surface area contributed by atoms with Gasteiger partial charge in [0.15, 0.2) is 0 Å². The molecule has 0 radical (unpaired) electrons. The first-order valence-electron chi connectivity index (χ1n) is 8.07. The van der Waals surface area contributed by atoms with Gasteiger partial charge in [0, 0.05) is 19.1 Å². The summed E-state index contributed by atoms with van der Waals surface area (Å²) in [6, 6.07) is 7.02. The van der Waals surface area contributed by atoms with Gasteiger partial charge in [-0.2, -0.15) is 4.31 Å². The van der Waals surface area contributed by atoms with E-state index in [9.17, 15) is 13.2 Å². The summed E-state index contributed by atoms with van der Waals surface area (Å²) in [5.41, 5.74) is 0.999. The Balaban J connectivity index is 2.12. The standard InChI is InChI=1S/C17H26N2O3S/c1-13-8-10-16(11-9-13)23(21,22)18(4)12-17(20)19-14(2)6-5-7-15(19)3/h8-11,14-15H,5-7,12H2,1-4H3/t14-,15-/m1/s1. The van der Waals surface area contributed by atoms with E-state index in [1.165, 1.54) is 7.05 Å². The van der Waals surface area contributed by atoms with E-state index in [1.54, 1.807) is 24.3 Å². The van der Waals surface area contributed by atoms with Crippen LogP contribution in [0.25, 0.3) is 0 Å². The van der Waals surface area contributed by atoms with Gasteiger partial charge in [-0.25, -0.2) is 8.42 Å². The summed E-state index contributed by atoms with van der Waals surface area (Å²) in [5, 5.41) is 0. The van der Waals surface area contributed by atoms with Gasteiger partial charge in [0.05, 0.1) is 11.4 Å². The minimum atomic E-state index is -3.64. The number of piperidine rings is 1. The maximum absolute atomic E-state index is 12.6. The fourth-order valence-corrected chi connectivity index (χ4v) is 4.28. The first kappa shape index (κ1) is 17.9. The van der Waals surface area contributed by atoms with Crippen molar-refractivity contribution in [3.05, 3.63) is 29.8 Å². The van der Waals surface area contributed by atoms with Crippen LogP contribution in [-0.2, 0) is 14.8 Å². The van der Waals surface area contributed by atoms with Crippen molar-refractivity contribution < 1.29 is 13.2 Å². The van der Waals surface area contributed by atoms with Gasteiger partial charge in [0.2, 0.25) is 15.9 Å². The zero-order valence-corrected chi connectivity index (χ0v) is 15.1. The second-order valence-electron chi connectivity index (χ2n) is 6.50. The molecule has 0 aliphatic carbocycles. The molecular weight excluding hydrogens is 312 g/mol. The molecule has 5 nitrogen and oxygen atoms in total. The van der Waals surface area contributed by atoms with Crippen LogP contribution in [0.3, 0.4) is 0 Å². The molecule has 1 amide bonds. The third-order valence-corrected chi connectivity index (χ3v) is 6.39. The van der Waals surface area contributed by atoms with Crippen molar-refractivity contribution in [1.82, 2.24) is 9.21 Å². The molecule has 0 aromatic heterocycles. The zero-order chi connectivity index (χ0) is 17.2. The fraction of sp³-hybridized carbons (Fsp3) is 0.588. The molecule has 1 aromatic carbocycles. The van der Waals surface area contributed by atoms with E-state index in [1.807, 2.05) is 25.7 Å². The smallest absolute Gasteiger partial charge is 0.243 e. The van der Waals surface area contributed by atoms with Gasteiger partial charge in [0.25, 0.3) is 0 Å². The molecule has 0 spiro atoms. The maximum Gasteiger partial charge on any atom is 0.243 e. The van der Waals surface area contributed by atoms with E-state index in [2.05, 4.69) is 0 Å². The van der Waals surface area contributed by atoms with E-state index in [0.717, 1.165) is 29.1 Å². The summed E-state index contributed by atoms with van der Waals surface area (Å²) in [6.07, 6.45) is 3.07. The summed E-state index contributed by atoms with van der Waals surface area (Å²) in [7, 11) is -2.17. The second kappa shape index (κ2) is 7.01. The van der Waals surface area contributed by atoms with Gasteiger partial charge in [-0.15, -0.1) is 0 Å². The van der Waals surface area contributed by atoms with Crippen LogP contribution in [0.4, 0.5) is 0 Å². The lowest BCUT2D eigenvalue weighted by molar-refractivity contribution is -0.137. The van der Waals surface area contributed by atoms with E-state index in [0.29, 0.717) is 0 Å². The first-order valence-corrected chi connectivity index (χ1v) is 9.51. The maximum atomic E-state index is 12.6. The number of benzene rings is 1. The summed E-state index contributed by atoms with van der Waals surface area (Å²) in [4.78, 5) is 14.6. The molecule has 1 fully saturated rings. The Hall–Kier alpha value is -1.40. The zero-order valence-electron chi connectivity index (χ0n) is 14.3. The predicted octanol–water partition coefficient (Wildman–Crippen LogP) is 2.41. The molecule has 0 unspecified atom stereocenters. The molecule has 6 heteroatoms. The number of carbonyl (C=O) groups is 1. The van der Waals surface area contributed by atoms with Gasteiger partial charge < -0.3 is 4.90 Å². The van der Waals surface area contributed by atoms with Crippen LogP contribution >= 0.6 is 0 Å². The average molecular weight is 338 g/mol. The van der Waals surface area contributed by atoms with Crippen LogP contribution in [0.15, 0.2) is 29.2 Å². The van der Waals surface area contributed by atoms with Crippen molar-refractivity contribution in [3.63, 3.8) is 0 Å². The molecule has 1 aromatic rings. The molecule has 2 rings (SSSR count). The molecule has 128 valence electrons. The second-order valence-corrected chi connectivity index (χ2v) is 8.55. The highest BCUT2D eigenvalue weighted by Crippen LogP contribution is 2.23. The lowest BCUT2D eigenvalue weighted by Crippen LogP contribution is -2.51. The SMILES string of the molecule is Cc1ccc(S(=O)(=O)N(C)CC(=O)N2[C@H](C)CCC[C@H]2C)cc1. The van der Waals surface area contributed by atoms with Crippen molar-refractivity contribution in [2.75, 3.05) is 13.6 Å². The van der Waals surface area contributed by atoms with E-state index in [4.69, 9.17) is 0 Å². The van der Waals surface area contributed by atoms with E-state index < -0.39 is 10.0 Å². The molecular formula is C17H26N2O3S. The third kappa shape index (κ3) is 3.93. The molecule has 23 heavy (non-hydrogen) atoms. The Morgan fingerprint density at radius 2 is 1.70 bits per heavy atom. The molecule has 1 aliphatic rings. The highest BCUT2D eigenvalue weighted by molar-refractivity contribution is 7.89. The number of rotatable bonds is 4. The van der Waals surface area contributed by atoms with Crippen LogP contribution in [-0.4, -0.2) is 49.2 Å². The molecule has 0 N–H and O–H groups in total. The highest BCUT2D eigenvalue weighted by Gasteiger charge is 2.31. The average Bonchev–Trinajstić information content (AvgIpc) is 2.47. The Morgan fingerprint density at radius 1 is 1.17 bits per heavy atom. The summed E-state index contributed by atoms with van der Waals surface area (Å²) < 4.78 is 26.3. The van der Waals surface area contributed by atoms with Crippen LogP contribution < -0.4 is 0 Å². The summed E-state index contributed by atoms with van der Waals surface area (Å²) >= 11 is 0. The molecule has 1 heterocycles. The number of amides is 1. The normalized spacial score (nSPS) is 22.4. The van der Waals surface area contributed by atoms with Gasteiger partial charge in [-0.1, -0.05) is 17.7 Å². The number of aryl methyl sites for hydroxylation is 1. The highest BCUT2D eigenvalue weighted by atomic mass is 32.2. The lowest BCUT2D eigenvalue weighted by Gasteiger charge is -2.39. The van der Waals surface area contributed by atoms with Gasteiger partial charge in [0.1, 0.15) is 0 Å². The lowest BCUT2D eigenvalue weighted by atomic mass is 9.97. The van der Waals surface area contributed by atoms with E-state index in [-0.39, 0.29) is 29.4 Å². The van der Waals surface area contributed by atoms with Crippen LogP contribution in [0, 0.1) is 6.92 Å². The van der Waals surface area contributed by atoms with Crippen LogP contribution in [0.2, 0.25) is 0 Å². The van der Waals surface area contributed by atoms with E-state index >= 15 is 0 Å². The summed E-state index contributed by atoms with van der Waals surface area (Å²) in [6.45, 7) is 5.84. The Bertz CT molecular complexity index is 645. The molecule has 1 saturated heterocycles. The molecule has 0 bridgehead atoms. The van der Waals surface area contributed by atoms with Crippen molar-refractivity contribution in [1.29, 1.82) is 0 Å². The Kier molecular flexibility index (Phi) is 5.47. The first-order chi connectivity index (χ1) is 10.7. The third-order valence-electron chi connectivity index (χ3n) is 4.57. The fourth-order valence-electron chi connectivity index (χ4n) is 3.16. The van der Waals surface area contributed by atoms with Gasteiger partial charge in [-0.3, -0.25) is 4.79 Å². The number of hydrogen-bond acceptors (Lipinski definition) is 3. The Morgan fingerprint density at radius 3 is 2.22 bits per heavy atom. The van der Waals surface area contributed by atoms with Gasteiger partial charge >= 0.3 is 0 Å². The number of likely N-dealkylation sites (tertiary alicyclic amines) is 1. The topological polar surface area (TPSA) is 57.7 Å². The number of likely N-dealkylation sites (N-methyl/N-ethyl adjacent to an activating group) is 1. The van der Waals surface area contributed by atoms with Crippen molar-refractivity contribution in [2.45, 2.75) is 57.0 Å². The van der Waals surface area contributed by atoms with Crippen LogP contribution in [0.1, 0.15) is 38.7 Å². The monoisotopic (exact) mass is 338 g/mol. The number of nitrogens with zero attached hydrogens (tertiary/aromatic N) is 2.